The van der Waals surface area contributed by atoms with E-state index >= 15 is 0 Å². The van der Waals surface area contributed by atoms with Gasteiger partial charge >= 0.3 is 11.9 Å². The first kappa shape index (κ1) is 24.3. The lowest BCUT2D eigenvalue weighted by molar-refractivity contribution is -0.134. The predicted molar refractivity (Wildman–Crippen MR) is 118 cm³/mol. The van der Waals surface area contributed by atoms with Crippen molar-refractivity contribution in [3.8, 4) is 5.75 Å². The Labute approximate surface area is 189 Å². The minimum absolute atomic E-state index is 0.0119. The van der Waals surface area contributed by atoms with Crippen LogP contribution in [0.15, 0.2) is 41.3 Å². The average molecular weight is 545 g/mol. The molecular weight excluding hydrogens is 523 g/mol. The van der Waals surface area contributed by atoms with Crippen molar-refractivity contribution in [3.63, 3.8) is 0 Å². The van der Waals surface area contributed by atoms with E-state index in [1.165, 1.54) is 12.1 Å². The second-order valence-electron chi connectivity index (χ2n) is 6.98. The summed E-state index contributed by atoms with van der Waals surface area (Å²) in [5.74, 6) is -1.06. The molecule has 0 heterocycles. The molecule has 0 aromatic heterocycles. The van der Waals surface area contributed by atoms with Crippen LogP contribution in [-0.4, -0.2) is 31.5 Å². The summed E-state index contributed by atoms with van der Waals surface area (Å²) in [6, 6.07) is 9.57. The number of hydrogen-bond donors (Lipinski definition) is 0. The maximum Gasteiger partial charge on any atom is 0.338 e. The van der Waals surface area contributed by atoms with Crippen molar-refractivity contribution in [2.45, 2.75) is 44.4 Å². The Hall–Kier alpha value is -1.98. The van der Waals surface area contributed by atoms with Gasteiger partial charge in [0.1, 0.15) is 15.9 Å². The summed E-state index contributed by atoms with van der Waals surface area (Å²) < 4.78 is 45.9. The van der Waals surface area contributed by atoms with Crippen molar-refractivity contribution in [2.75, 3.05) is 6.61 Å². The summed E-state index contributed by atoms with van der Waals surface area (Å²) in [7, 11) is -4.64. The second kappa shape index (κ2) is 10.4. The van der Waals surface area contributed by atoms with Gasteiger partial charge in [0.25, 0.3) is 0 Å². The van der Waals surface area contributed by atoms with Gasteiger partial charge in [-0.1, -0.05) is 13.8 Å². The highest BCUT2D eigenvalue weighted by molar-refractivity contribution is 14.1. The smallest absolute Gasteiger partial charge is 0.338 e. The van der Waals surface area contributed by atoms with Crippen LogP contribution in [0.2, 0.25) is 0 Å². The lowest BCUT2D eigenvalue weighted by atomic mass is 10.0. The normalized spacial score (nSPS) is 11.4. The number of ether oxygens (including phenoxy) is 2. The van der Waals surface area contributed by atoms with Gasteiger partial charge in [-0.15, -0.1) is 0 Å². The molecule has 7 nitrogen and oxygen atoms in total. The standard InChI is InChI=1S/C21H23IO7S/c1-13(2)17-12-18(14(3)11-19(17)30(25,26)27)29-20(23)5-4-10-28-21(24)15-6-8-16(22)9-7-15/h6-9,11-13H,4-5,10H2,1-3H3,(H,25,26,27)/p-1. The molecular formula is C21H22IO7S-. The molecule has 0 N–H and O–H groups in total. The largest absolute Gasteiger partial charge is 0.744 e. The van der Waals surface area contributed by atoms with Gasteiger partial charge in [0, 0.05) is 9.99 Å². The fourth-order valence-electron chi connectivity index (χ4n) is 2.68. The fourth-order valence-corrected chi connectivity index (χ4v) is 3.94. The zero-order valence-electron chi connectivity index (χ0n) is 16.8. The number of hydrogen-bond acceptors (Lipinski definition) is 7. The number of benzene rings is 2. The van der Waals surface area contributed by atoms with Gasteiger partial charge in [-0.3, -0.25) is 4.79 Å². The van der Waals surface area contributed by atoms with Crippen LogP contribution < -0.4 is 4.74 Å². The van der Waals surface area contributed by atoms with Crippen LogP contribution in [0.3, 0.4) is 0 Å². The molecule has 0 bridgehead atoms. The number of carbonyl (C=O) groups excluding carboxylic acids is 2. The molecule has 0 saturated carbocycles. The van der Waals surface area contributed by atoms with Crippen LogP contribution >= 0.6 is 22.6 Å². The molecule has 162 valence electrons. The molecule has 0 spiro atoms. The Morgan fingerprint density at radius 3 is 2.33 bits per heavy atom. The molecule has 0 unspecified atom stereocenters. The molecule has 0 atom stereocenters. The first-order valence-corrected chi connectivity index (χ1v) is 11.7. The van der Waals surface area contributed by atoms with Crippen molar-refractivity contribution in [3.05, 3.63) is 56.7 Å². The first-order chi connectivity index (χ1) is 14.0. The van der Waals surface area contributed by atoms with E-state index in [0.29, 0.717) is 16.7 Å². The second-order valence-corrected chi connectivity index (χ2v) is 9.58. The monoisotopic (exact) mass is 545 g/mol. The van der Waals surface area contributed by atoms with Crippen LogP contribution in [0.5, 0.6) is 5.75 Å². The zero-order valence-corrected chi connectivity index (χ0v) is 19.8. The van der Waals surface area contributed by atoms with Crippen molar-refractivity contribution < 1.29 is 32.0 Å². The minimum atomic E-state index is -4.64. The molecule has 2 rings (SSSR count). The summed E-state index contributed by atoms with van der Waals surface area (Å²) in [6.45, 7) is 5.10. The van der Waals surface area contributed by atoms with Crippen LogP contribution in [0.1, 0.15) is 54.1 Å². The highest BCUT2D eigenvalue weighted by atomic mass is 127. The molecule has 2 aromatic carbocycles. The molecule has 30 heavy (non-hydrogen) atoms. The Balaban J connectivity index is 1.94. The molecule has 0 saturated heterocycles. The maximum absolute atomic E-state index is 12.1. The lowest BCUT2D eigenvalue weighted by Gasteiger charge is -2.18. The fraction of sp³-hybridized carbons (Fsp3) is 0.333. The quantitative estimate of drug-likeness (QED) is 0.161. The van der Waals surface area contributed by atoms with Crippen molar-refractivity contribution in [1.82, 2.24) is 0 Å². The Morgan fingerprint density at radius 2 is 1.77 bits per heavy atom. The summed E-state index contributed by atoms with van der Waals surface area (Å²) in [4.78, 5) is 23.8. The molecule has 0 radical (unpaired) electrons. The third kappa shape index (κ3) is 6.78. The highest BCUT2D eigenvalue weighted by Gasteiger charge is 2.17. The molecule has 0 aliphatic heterocycles. The highest BCUT2D eigenvalue weighted by Crippen LogP contribution is 2.31. The van der Waals surface area contributed by atoms with Crippen LogP contribution in [0, 0.1) is 10.5 Å². The third-order valence-corrected chi connectivity index (χ3v) is 5.87. The summed E-state index contributed by atoms with van der Waals surface area (Å²) in [5.41, 5.74) is 1.10. The van der Waals surface area contributed by atoms with E-state index in [-0.39, 0.29) is 36.0 Å². The Kier molecular flexibility index (Phi) is 8.39. The topological polar surface area (TPSA) is 110 Å². The van der Waals surface area contributed by atoms with E-state index in [4.69, 9.17) is 9.47 Å². The molecule has 0 fully saturated rings. The predicted octanol–water partition coefficient (Wildman–Crippen LogP) is 4.17. The van der Waals surface area contributed by atoms with Gasteiger partial charge in [-0.25, -0.2) is 13.2 Å². The molecule has 0 amide bonds. The van der Waals surface area contributed by atoms with Crippen molar-refractivity contribution in [2.24, 2.45) is 0 Å². The van der Waals surface area contributed by atoms with E-state index in [9.17, 15) is 22.6 Å². The van der Waals surface area contributed by atoms with Gasteiger partial charge in [0.2, 0.25) is 0 Å². The van der Waals surface area contributed by atoms with E-state index in [1.807, 2.05) is 0 Å². The molecule has 9 heteroatoms. The molecule has 0 aliphatic carbocycles. The zero-order chi connectivity index (χ0) is 22.5. The van der Waals surface area contributed by atoms with E-state index in [1.54, 1.807) is 45.0 Å². The summed E-state index contributed by atoms with van der Waals surface area (Å²) in [6.07, 6.45) is 0.288. The number of carbonyl (C=O) groups is 2. The van der Waals surface area contributed by atoms with Crippen LogP contribution in [-0.2, 0) is 19.6 Å². The Bertz CT molecular complexity index is 1030. The maximum atomic E-state index is 12.1. The first-order valence-electron chi connectivity index (χ1n) is 9.23. The number of aryl methyl sites for hydroxylation is 1. The van der Waals surface area contributed by atoms with Gasteiger partial charge in [0.05, 0.1) is 17.1 Å². The SMILES string of the molecule is Cc1cc(S(=O)(=O)[O-])c(C(C)C)cc1OC(=O)CCCOC(=O)c1ccc(I)cc1. The number of esters is 2. The van der Waals surface area contributed by atoms with Gasteiger partial charge in [-0.2, -0.15) is 0 Å². The minimum Gasteiger partial charge on any atom is -0.744 e. The number of halogens is 1. The number of rotatable bonds is 8. The van der Waals surface area contributed by atoms with E-state index in [0.717, 1.165) is 3.57 Å². The average Bonchev–Trinajstić information content (AvgIpc) is 2.66. The third-order valence-electron chi connectivity index (χ3n) is 4.26. The van der Waals surface area contributed by atoms with Gasteiger partial charge in [-0.05, 0) is 89.4 Å². The van der Waals surface area contributed by atoms with Crippen molar-refractivity contribution in [1.29, 1.82) is 0 Å². The Morgan fingerprint density at radius 1 is 1.13 bits per heavy atom. The van der Waals surface area contributed by atoms with Crippen molar-refractivity contribution >= 4 is 44.6 Å². The van der Waals surface area contributed by atoms with E-state index < -0.39 is 22.1 Å². The van der Waals surface area contributed by atoms with Gasteiger partial charge in [0.15, 0.2) is 0 Å². The van der Waals surface area contributed by atoms with Crippen LogP contribution in [0.25, 0.3) is 0 Å². The molecule has 2 aromatic rings. The summed E-state index contributed by atoms with van der Waals surface area (Å²) >= 11 is 2.14. The lowest BCUT2D eigenvalue weighted by Crippen LogP contribution is -2.13. The summed E-state index contributed by atoms with van der Waals surface area (Å²) in [5, 5.41) is 0. The molecule has 0 aliphatic rings. The van der Waals surface area contributed by atoms with Crippen LogP contribution in [0.4, 0.5) is 0 Å². The van der Waals surface area contributed by atoms with E-state index in [2.05, 4.69) is 22.6 Å². The van der Waals surface area contributed by atoms with Gasteiger partial charge < -0.3 is 14.0 Å².